The first kappa shape index (κ1) is 23.3. The highest BCUT2D eigenvalue weighted by atomic mass is 19.3. The van der Waals surface area contributed by atoms with Crippen LogP contribution >= 0.6 is 0 Å². The minimum Gasteiger partial charge on any atom is -0.342 e. The molecule has 1 atom stereocenters. The minimum atomic E-state index is -2.58. The van der Waals surface area contributed by atoms with Gasteiger partial charge in [0.2, 0.25) is 12.3 Å². The lowest BCUT2D eigenvalue weighted by Crippen LogP contribution is -2.31. The van der Waals surface area contributed by atoms with Crippen molar-refractivity contribution in [2.75, 3.05) is 25.5 Å². The number of amides is 1. The van der Waals surface area contributed by atoms with E-state index in [1.165, 1.54) is 17.5 Å². The van der Waals surface area contributed by atoms with Crippen LogP contribution in [0.4, 0.5) is 19.0 Å². The Morgan fingerprint density at radius 2 is 1.94 bits per heavy atom. The van der Waals surface area contributed by atoms with Crippen molar-refractivity contribution in [1.82, 2.24) is 14.7 Å². The average Bonchev–Trinajstić information content (AvgIpc) is 3.32. The van der Waals surface area contributed by atoms with Crippen LogP contribution in [0.2, 0.25) is 0 Å². The number of hydrogen-bond acceptors (Lipinski definition) is 4. The summed E-state index contributed by atoms with van der Waals surface area (Å²) < 4.78 is 40.6. The van der Waals surface area contributed by atoms with Gasteiger partial charge in [0.05, 0.1) is 24.3 Å². The third-order valence-corrected chi connectivity index (χ3v) is 6.27. The predicted molar refractivity (Wildman–Crippen MR) is 112 cm³/mol. The number of amidine groups is 1. The molecule has 2 heterocycles. The maximum Gasteiger partial charge on any atom is 0.248 e. The van der Waals surface area contributed by atoms with Crippen molar-refractivity contribution in [1.29, 1.82) is 0 Å². The van der Waals surface area contributed by atoms with Crippen molar-refractivity contribution in [3.05, 3.63) is 11.8 Å². The molecule has 2 saturated carbocycles. The quantitative estimate of drug-likeness (QED) is 0.427. The normalized spacial score (nSPS) is 24.2. The fourth-order valence-electron chi connectivity index (χ4n) is 4.12. The third kappa shape index (κ3) is 5.86. The van der Waals surface area contributed by atoms with Crippen LogP contribution in [0.1, 0.15) is 67.8 Å². The number of aromatic nitrogens is 2. The summed E-state index contributed by atoms with van der Waals surface area (Å²) in [7, 11) is 1.73. The molecule has 1 N–H and O–H groups in total. The Balaban J connectivity index is 0.000000287. The molecular weight excluding hydrogens is 411 g/mol. The number of rotatable bonds is 5. The number of aldehydes is 1. The van der Waals surface area contributed by atoms with Gasteiger partial charge < -0.3 is 10.2 Å². The number of nitrogens with one attached hydrogen (secondary N) is 1. The molecule has 1 unspecified atom stereocenters. The zero-order valence-corrected chi connectivity index (χ0v) is 17.8. The second-order valence-corrected chi connectivity index (χ2v) is 8.45. The van der Waals surface area contributed by atoms with Crippen molar-refractivity contribution < 1.29 is 22.8 Å². The first-order valence-corrected chi connectivity index (χ1v) is 10.8. The number of nitrogens with zero attached hydrogens (tertiary/aromatic N) is 4. The summed E-state index contributed by atoms with van der Waals surface area (Å²) in [5.41, 5.74) is 0.447. The number of carbonyl (C=O) groups excluding carboxylic acids is 2. The summed E-state index contributed by atoms with van der Waals surface area (Å²) in [4.78, 5) is 27.0. The Bertz CT molecular complexity index is 784. The summed E-state index contributed by atoms with van der Waals surface area (Å²) >= 11 is 0. The Kier molecular flexibility index (Phi) is 7.72. The van der Waals surface area contributed by atoms with Crippen LogP contribution in [0.15, 0.2) is 11.2 Å². The highest BCUT2D eigenvalue weighted by molar-refractivity contribution is 6.00. The fraction of sp³-hybridized carbons (Fsp3) is 0.714. The van der Waals surface area contributed by atoms with Gasteiger partial charge in [-0.15, -0.1) is 0 Å². The highest BCUT2D eigenvalue weighted by Crippen LogP contribution is 2.40. The molecule has 3 fully saturated rings. The molecule has 1 amide bonds. The first-order valence-electron chi connectivity index (χ1n) is 10.8. The van der Waals surface area contributed by atoms with E-state index in [1.807, 2.05) is 0 Å². The van der Waals surface area contributed by atoms with Crippen LogP contribution in [0.25, 0.3) is 0 Å². The van der Waals surface area contributed by atoms with E-state index in [0.717, 1.165) is 25.0 Å². The molecule has 1 aromatic rings. The van der Waals surface area contributed by atoms with Crippen LogP contribution in [-0.4, -0.2) is 65.4 Å². The van der Waals surface area contributed by atoms with E-state index >= 15 is 0 Å². The molecule has 1 aliphatic heterocycles. The number of aliphatic imine (C=N–C) groups is 1. The monoisotopic (exact) mass is 441 g/mol. The topological polar surface area (TPSA) is 79.6 Å². The summed E-state index contributed by atoms with van der Waals surface area (Å²) in [6, 6.07) is -0.106. The number of carbonyl (C=O) groups is 2. The molecule has 31 heavy (non-hydrogen) atoms. The Hall–Kier alpha value is -2.39. The standard InChI is InChI=1S/C16H22F2N4O.C5H8FNO/c1-19-14(11-3-2-4-11)21-15-12(10-23)9-20-22(15)13-5-7-16(17,18)8-6-13;6-5-1-2-7(3-5)4-8/h9-11,13H,2-8H2,1H3,(H,19,21);4-5H,1-3H2. The Morgan fingerprint density at radius 3 is 2.39 bits per heavy atom. The van der Waals surface area contributed by atoms with Crippen LogP contribution < -0.4 is 5.32 Å². The first-order chi connectivity index (χ1) is 14.9. The molecule has 0 radical (unpaired) electrons. The molecule has 4 rings (SSSR count). The molecule has 3 aliphatic rings. The van der Waals surface area contributed by atoms with Crippen LogP contribution in [0, 0.1) is 5.92 Å². The molecular formula is C21H30F3N5O2. The van der Waals surface area contributed by atoms with Gasteiger partial charge in [-0.1, -0.05) is 6.42 Å². The number of hydrogen-bond donors (Lipinski definition) is 1. The van der Waals surface area contributed by atoms with E-state index < -0.39 is 12.1 Å². The largest absolute Gasteiger partial charge is 0.342 e. The lowest BCUT2D eigenvalue weighted by Gasteiger charge is -2.31. The molecule has 172 valence electrons. The maximum absolute atomic E-state index is 13.4. The second kappa shape index (κ2) is 10.3. The van der Waals surface area contributed by atoms with Gasteiger partial charge in [0.25, 0.3) is 0 Å². The summed E-state index contributed by atoms with van der Waals surface area (Å²) in [5, 5.41) is 7.52. The van der Waals surface area contributed by atoms with Gasteiger partial charge in [-0.05, 0) is 32.1 Å². The van der Waals surface area contributed by atoms with Gasteiger partial charge in [-0.25, -0.2) is 17.9 Å². The minimum absolute atomic E-state index is 0.106. The molecule has 10 heteroatoms. The zero-order chi connectivity index (χ0) is 22.4. The van der Waals surface area contributed by atoms with Crippen molar-refractivity contribution in [3.8, 4) is 0 Å². The molecule has 0 bridgehead atoms. The SMILES string of the molecule is CN=C(Nc1c(C=O)cnn1C1CCC(F)(F)CC1)C1CCC1.O=CN1CCC(F)C1. The van der Waals surface area contributed by atoms with Crippen LogP contribution in [0.5, 0.6) is 0 Å². The molecule has 1 aromatic heterocycles. The van der Waals surface area contributed by atoms with Crippen LogP contribution in [0.3, 0.4) is 0 Å². The number of anilines is 1. The Labute approximate surface area is 180 Å². The van der Waals surface area contributed by atoms with Crippen molar-refractivity contribution >= 4 is 24.3 Å². The zero-order valence-electron chi connectivity index (χ0n) is 17.8. The maximum atomic E-state index is 13.4. The van der Waals surface area contributed by atoms with E-state index in [-0.39, 0.29) is 18.9 Å². The van der Waals surface area contributed by atoms with E-state index in [4.69, 9.17) is 0 Å². The second-order valence-electron chi connectivity index (χ2n) is 8.45. The summed E-state index contributed by atoms with van der Waals surface area (Å²) in [6.07, 6.45) is 6.48. The lowest BCUT2D eigenvalue weighted by atomic mass is 9.84. The van der Waals surface area contributed by atoms with Gasteiger partial charge in [0.15, 0.2) is 6.29 Å². The molecule has 7 nitrogen and oxygen atoms in total. The molecule has 1 saturated heterocycles. The van der Waals surface area contributed by atoms with Gasteiger partial charge in [-0.3, -0.25) is 14.6 Å². The van der Waals surface area contributed by atoms with E-state index in [9.17, 15) is 22.8 Å². The van der Waals surface area contributed by atoms with E-state index in [2.05, 4.69) is 15.4 Å². The summed E-state index contributed by atoms with van der Waals surface area (Å²) in [6.45, 7) is 0.883. The van der Waals surface area contributed by atoms with E-state index in [1.54, 1.807) is 11.7 Å². The van der Waals surface area contributed by atoms with Crippen molar-refractivity contribution in [2.24, 2.45) is 10.9 Å². The molecule has 0 aromatic carbocycles. The third-order valence-electron chi connectivity index (χ3n) is 6.27. The van der Waals surface area contributed by atoms with Gasteiger partial charge in [0.1, 0.15) is 17.8 Å². The molecule has 0 spiro atoms. The van der Waals surface area contributed by atoms with Crippen LogP contribution in [-0.2, 0) is 4.79 Å². The van der Waals surface area contributed by atoms with E-state index in [0.29, 0.717) is 56.1 Å². The predicted octanol–water partition coefficient (Wildman–Crippen LogP) is 3.87. The highest BCUT2D eigenvalue weighted by Gasteiger charge is 2.37. The lowest BCUT2D eigenvalue weighted by molar-refractivity contribution is -0.117. The summed E-state index contributed by atoms with van der Waals surface area (Å²) in [5.74, 6) is -0.754. The van der Waals surface area contributed by atoms with Gasteiger partial charge in [-0.2, -0.15) is 5.10 Å². The van der Waals surface area contributed by atoms with Gasteiger partial charge >= 0.3 is 0 Å². The number of halogens is 3. The number of likely N-dealkylation sites (tertiary alicyclic amines) is 1. The Morgan fingerprint density at radius 1 is 1.23 bits per heavy atom. The molecule has 2 aliphatic carbocycles. The van der Waals surface area contributed by atoms with Crippen molar-refractivity contribution in [3.63, 3.8) is 0 Å². The smallest absolute Gasteiger partial charge is 0.248 e. The average molecular weight is 441 g/mol. The fourth-order valence-corrected chi connectivity index (χ4v) is 4.12. The van der Waals surface area contributed by atoms with Crippen molar-refractivity contribution in [2.45, 2.75) is 69.5 Å². The van der Waals surface area contributed by atoms with Gasteiger partial charge in [0, 0.05) is 32.4 Å². The number of alkyl halides is 3.